The lowest BCUT2D eigenvalue weighted by molar-refractivity contribution is -0.135. The minimum atomic E-state index is -0.843. The molecule has 0 bridgehead atoms. The van der Waals surface area contributed by atoms with E-state index in [2.05, 4.69) is 0 Å². The fourth-order valence-electron chi connectivity index (χ4n) is 4.68. The molecule has 3 aromatic carbocycles. The Bertz CT molecular complexity index is 1530. The second kappa shape index (κ2) is 11.0. The largest absolute Gasteiger partial charge is 0.494 e. The molecule has 0 N–H and O–H groups in total. The molecule has 0 radical (unpaired) electrons. The number of hydrogen-bond donors (Lipinski definition) is 0. The number of rotatable bonds is 5. The van der Waals surface area contributed by atoms with Crippen LogP contribution in [0.25, 0.3) is 10.5 Å². The highest BCUT2D eigenvalue weighted by molar-refractivity contribution is 8.32. The van der Waals surface area contributed by atoms with Crippen LogP contribution in [0, 0.1) is 0 Å². The van der Waals surface area contributed by atoms with Gasteiger partial charge >= 0.3 is 5.97 Å². The number of thiocarbonyl (C=S) groups is 1. The van der Waals surface area contributed by atoms with Gasteiger partial charge in [0.05, 0.1) is 34.0 Å². The number of benzene rings is 3. The smallest absolute Gasteiger partial charge is 0.345 e. The highest BCUT2D eigenvalue weighted by atomic mass is 32.2. The molecule has 3 aromatic rings. The monoisotopic (exact) mass is 573 g/mol. The molecule has 0 saturated carbocycles. The molecule has 0 saturated heterocycles. The molecule has 0 aromatic heterocycles. The van der Waals surface area contributed by atoms with Gasteiger partial charge in [-0.05, 0) is 50.6 Å². The number of nitrogens with zero attached hydrogens (tertiary/aromatic N) is 1. The number of amides is 1. The minimum Gasteiger partial charge on any atom is -0.494 e. The third kappa shape index (κ3) is 4.93. The van der Waals surface area contributed by atoms with Crippen molar-refractivity contribution in [1.82, 2.24) is 0 Å². The van der Waals surface area contributed by atoms with E-state index in [1.807, 2.05) is 99.6 Å². The van der Waals surface area contributed by atoms with Crippen LogP contribution in [0.4, 0.5) is 5.69 Å². The van der Waals surface area contributed by atoms with Crippen molar-refractivity contribution >= 4 is 68.6 Å². The summed E-state index contributed by atoms with van der Waals surface area (Å²) in [5.41, 5.74) is 3.03. The Morgan fingerprint density at radius 1 is 0.949 bits per heavy atom. The second-order valence-corrected chi connectivity index (χ2v) is 12.1. The summed E-state index contributed by atoms with van der Waals surface area (Å²) >= 11 is 9.03. The third-order valence-corrected chi connectivity index (χ3v) is 9.89. The molecule has 0 aliphatic carbocycles. The van der Waals surface area contributed by atoms with Gasteiger partial charge in [0.1, 0.15) is 10.7 Å². The molecule has 0 fully saturated rings. The molecule has 5 nitrogen and oxygen atoms in total. The number of esters is 1. The molecule has 2 aliphatic rings. The molecule has 0 atom stereocenters. The zero-order valence-corrected chi connectivity index (χ0v) is 24.5. The molecule has 1 amide bonds. The van der Waals surface area contributed by atoms with Crippen LogP contribution in [0.3, 0.4) is 0 Å². The second-order valence-electron chi connectivity index (χ2n) is 9.39. The van der Waals surface area contributed by atoms with Crippen molar-refractivity contribution in [2.24, 2.45) is 0 Å². The van der Waals surface area contributed by atoms with Crippen LogP contribution in [0.5, 0.6) is 5.75 Å². The molecular formula is C31H27NO4S3. The summed E-state index contributed by atoms with van der Waals surface area (Å²) in [6, 6.07) is 24.7. The average molecular weight is 574 g/mol. The van der Waals surface area contributed by atoms with E-state index in [-0.39, 0.29) is 5.91 Å². The van der Waals surface area contributed by atoms with E-state index in [0.29, 0.717) is 33.4 Å². The lowest BCUT2D eigenvalue weighted by Crippen LogP contribution is -2.56. The van der Waals surface area contributed by atoms with Crippen molar-refractivity contribution in [3.63, 3.8) is 0 Å². The number of hydrogen-bond acceptors (Lipinski definition) is 7. The van der Waals surface area contributed by atoms with Crippen molar-refractivity contribution in [2.75, 3.05) is 18.6 Å². The lowest BCUT2D eigenvalue weighted by atomic mass is 9.82. The number of fused-ring (bicyclic) bond motifs is 1. The first kappa shape index (κ1) is 27.2. The Labute approximate surface area is 242 Å². The summed E-state index contributed by atoms with van der Waals surface area (Å²) < 4.78 is 11.9. The minimum absolute atomic E-state index is 0.146. The van der Waals surface area contributed by atoms with Gasteiger partial charge in [-0.2, -0.15) is 0 Å². The van der Waals surface area contributed by atoms with Crippen LogP contribution < -0.4 is 9.64 Å². The zero-order chi connectivity index (χ0) is 27.7. The molecule has 39 heavy (non-hydrogen) atoms. The summed E-state index contributed by atoms with van der Waals surface area (Å²) in [6.07, 6.45) is 0. The first-order valence-corrected chi connectivity index (χ1v) is 14.5. The van der Waals surface area contributed by atoms with Gasteiger partial charge in [0.25, 0.3) is 5.91 Å². The van der Waals surface area contributed by atoms with E-state index in [4.69, 9.17) is 21.7 Å². The Kier molecular flexibility index (Phi) is 7.71. The molecule has 2 aliphatic heterocycles. The highest BCUT2D eigenvalue weighted by Crippen LogP contribution is 2.58. The average Bonchev–Trinajstić information content (AvgIpc) is 3.39. The maximum Gasteiger partial charge on any atom is 0.345 e. The van der Waals surface area contributed by atoms with Crippen LogP contribution >= 0.6 is 35.7 Å². The van der Waals surface area contributed by atoms with E-state index in [1.165, 1.54) is 30.6 Å². The number of carbonyl (C=O) groups excluding carboxylic acids is 2. The lowest BCUT2D eigenvalue weighted by Gasteiger charge is -2.45. The van der Waals surface area contributed by atoms with Crippen LogP contribution in [-0.2, 0) is 9.53 Å². The van der Waals surface area contributed by atoms with Crippen molar-refractivity contribution in [3.05, 3.63) is 105 Å². The summed E-state index contributed by atoms with van der Waals surface area (Å²) in [4.78, 5) is 30.6. The Hall–Kier alpha value is -3.33. The predicted octanol–water partition coefficient (Wildman–Crippen LogP) is 7.58. The van der Waals surface area contributed by atoms with Gasteiger partial charge in [-0.15, -0.1) is 0 Å². The van der Waals surface area contributed by atoms with Gasteiger partial charge in [-0.25, -0.2) is 4.79 Å². The molecule has 5 rings (SSSR count). The molecule has 8 heteroatoms. The van der Waals surface area contributed by atoms with Gasteiger partial charge in [0, 0.05) is 27.7 Å². The van der Waals surface area contributed by atoms with Crippen LogP contribution in [0.2, 0.25) is 0 Å². The van der Waals surface area contributed by atoms with Gasteiger partial charge in [-0.1, -0.05) is 84.3 Å². The van der Waals surface area contributed by atoms with Gasteiger partial charge in [-0.3, -0.25) is 9.69 Å². The highest BCUT2D eigenvalue weighted by Gasteiger charge is 2.46. The maximum atomic E-state index is 14.0. The van der Waals surface area contributed by atoms with Crippen molar-refractivity contribution < 1.29 is 19.1 Å². The molecule has 0 spiro atoms. The van der Waals surface area contributed by atoms with Crippen molar-refractivity contribution in [2.45, 2.75) is 26.3 Å². The topological polar surface area (TPSA) is 55.8 Å². The van der Waals surface area contributed by atoms with Gasteiger partial charge in [0.2, 0.25) is 0 Å². The number of carbonyl (C=O) groups is 2. The summed E-state index contributed by atoms with van der Waals surface area (Å²) in [5, 5.41) is 0. The van der Waals surface area contributed by atoms with Crippen molar-refractivity contribution in [1.29, 1.82) is 0 Å². The Morgan fingerprint density at radius 3 is 2.26 bits per heavy atom. The summed E-state index contributed by atoms with van der Waals surface area (Å²) in [7, 11) is 1.39. The van der Waals surface area contributed by atoms with Crippen LogP contribution in [-0.4, -0.2) is 36.0 Å². The fraction of sp³-hybridized carbons (Fsp3) is 0.194. The SMILES string of the molecule is CCOc1ccc2c(c1)N(C(=O)c1ccccc1)C(C)(C)C(=S)/C2=C1\SC(C(=O)OC)=C(c2ccccc2)S1. The van der Waals surface area contributed by atoms with E-state index >= 15 is 0 Å². The van der Waals surface area contributed by atoms with Crippen LogP contribution in [0.1, 0.15) is 42.3 Å². The quantitative estimate of drug-likeness (QED) is 0.177. The zero-order valence-electron chi connectivity index (χ0n) is 22.0. The standard InChI is InChI=1S/C31H27NO4S3/c1-5-36-21-16-17-22-23(18-21)32(28(33)20-14-10-7-11-15-20)31(2,3)27(37)24(22)30-38-25(19-12-8-6-9-13-19)26(39-30)29(34)35-4/h6-18H,5H2,1-4H3/b30-24-. The molecule has 2 heterocycles. The first-order valence-electron chi connectivity index (χ1n) is 12.5. The van der Waals surface area contributed by atoms with Gasteiger partial charge in [0.15, 0.2) is 0 Å². The normalized spacial score (nSPS) is 18.2. The number of methoxy groups -OCH3 is 1. The Morgan fingerprint density at radius 2 is 1.62 bits per heavy atom. The third-order valence-electron chi connectivity index (χ3n) is 6.56. The summed E-state index contributed by atoms with van der Waals surface area (Å²) in [5.74, 6) is 0.128. The molecule has 0 unspecified atom stereocenters. The molecule has 198 valence electrons. The van der Waals surface area contributed by atoms with E-state index in [1.54, 1.807) is 4.90 Å². The van der Waals surface area contributed by atoms with Crippen molar-refractivity contribution in [3.8, 4) is 5.75 Å². The number of ether oxygens (including phenoxy) is 2. The summed E-state index contributed by atoms with van der Waals surface area (Å²) in [6.45, 7) is 6.35. The van der Waals surface area contributed by atoms with E-state index in [9.17, 15) is 9.59 Å². The molecular weight excluding hydrogens is 547 g/mol. The van der Waals surface area contributed by atoms with Gasteiger partial charge < -0.3 is 9.47 Å². The number of anilines is 1. The fourth-order valence-corrected chi connectivity index (χ4v) is 7.83. The Balaban J connectivity index is 1.70. The predicted molar refractivity (Wildman–Crippen MR) is 165 cm³/mol. The van der Waals surface area contributed by atoms with E-state index in [0.717, 1.165) is 25.8 Å². The van der Waals surface area contributed by atoms with E-state index < -0.39 is 11.5 Å². The first-order chi connectivity index (χ1) is 18.8. The van der Waals surface area contributed by atoms with Crippen LogP contribution in [0.15, 0.2) is 88.0 Å². The number of thioether (sulfide) groups is 2. The maximum absolute atomic E-state index is 14.0.